The van der Waals surface area contributed by atoms with E-state index in [1.165, 1.54) is 18.2 Å². The number of aryl methyl sites for hydroxylation is 2. The number of anilines is 1. The lowest BCUT2D eigenvalue weighted by molar-refractivity contribution is -0.139. The van der Waals surface area contributed by atoms with E-state index in [1.807, 2.05) is 36.4 Å². The van der Waals surface area contributed by atoms with E-state index in [0.717, 1.165) is 69.8 Å². The van der Waals surface area contributed by atoms with E-state index in [9.17, 15) is 9.59 Å². The van der Waals surface area contributed by atoms with Crippen molar-refractivity contribution in [2.75, 3.05) is 51.9 Å². The number of rotatable bonds is 11. The van der Waals surface area contributed by atoms with Gasteiger partial charge >= 0.3 is 12.1 Å². The van der Waals surface area contributed by atoms with Crippen LogP contribution in [0.3, 0.4) is 0 Å². The van der Waals surface area contributed by atoms with Gasteiger partial charge in [-0.2, -0.15) is 0 Å². The predicted molar refractivity (Wildman–Crippen MR) is 127 cm³/mol. The van der Waals surface area contributed by atoms with E-state index < -0.39 is 6.09 Å². The third-order valence-corrected chi connectivity index (χ3v) is 5.72. The van der Waals surface area contributed by atoms with E-state index in [2.05, 4.69) is 22.3 Å². The number of amides is 1. The normalized spacial score (nSPS) is 14.0. The Kier molecular flexibility index (Phi) is 10.2. The van der Waals surface area contributed by atoms with E-state index in [0.29, 0.717) is 13.0 Å². The SMILES string of the molecule is COC(=O)Cc1ccc(CCCCc2ccc(NC(=O)OCCN3CCOCC3)cc2)cc1. The summed E-state index contributed by atoms with van der Waals surface area (Å²) in [6, 6.07) is 16.1. The Bertz CT molecular complexity index is 861. The molecular formula is C26H34N2O5. The molecule has 1 aliphatic rings. The summed E-state index contributed by atoms with van der Waals surface area (Å²) in [7, 11) is 1.41. The van der Waals surface area contributed by atoms with Crippen LogP contribution >= 0.6 is 0 Å². The number of esters is 1. The predicted octanol–water partition coefficient (Wildman–Crippen LogP) is 3.85. The number of methoxy groups -OCH3 is 1. The lowest BCUT2D eigenvalue weighted by atomic mass is 10.0. The highest BCUT2D eigenvalue weighted by molar-refractivity contribution is 5.84. The molecule has 1 heterocycles. The van der Waals surface area contributed by atoms with Gasteiger partial charge in [-0.05, 0) is 54.5 Å². The Balaban J connectivity index is 1.30. The lowest BCUT2D eigenvalue weighted by Crippen LogP contribution is -2.38. The van der Waals surface area contributed by atoms with Gasteiger partial charge in [0.05, 0.1) is 26.7 Å². The van der Waals surface area contributed by atoms with E-state index in [1.54, 1.807) is 0 Å². The van der Waals surface area contributed by atoms with Crippen LogP contribution in [-0.2, 0) is 38.3 Å². The molecule has 0 aliphatic carbocycles. The summed E-state index contributed by atoms with van der Waals surface area (Å²) in [4.78, 5) is 25.5. The van der Waals surface area contributed by atoms with Gasteiger partial charge in [0.25, 0.3) is 0 Å². The Morgan fingerprint density at radius 3 is 2.09 bits per heavy atom. The zero-order valence-corrected chi connectivity index (χ0v) is 19.4. The molecule has 1 N–H and O–H groups in total. The second-order valence-electron chi connectivity index (χ2n) is 8.19. The molecule has 0 unspecified atom stereocenters. The summed E-state index contributed by atoms with van der Waals surface area (Å²) in [6.07, 6.45) is 4.06. The van der Waals surface area contributed by atoms with Crippen LogP contribution in [0.2, 0.25) is 0 Å². The molecule has 1 amide bonds. The standard InChI is InChI=1S/C26H34N2O5/c1-31-25(29)20-23-8-6-21(7-9-23)4-2-3-5-22-10-12-24(13-11-22)27-26(30)33-19-16-28-14-17-32-18-15-28/h6-13H,2-5,14-20H2,1H3,(H,27,30). The van der Waals surface area contributed by atoms with Gasteiger partial charge in [-0.3, -0.25) is 15.0 Å². The molecule has 2 aromatic carbocycles. The fourth-order valence-electron chi connectivity index (χ4n) is 3.72. The first kappa shape index (κ1) is 24.7. The third kappa shape index (κ3) is 9.24. The number of carbonyl (C=O) groups is 2. The van der Waals surface area contributed by atoms with Crippen molar-refractivity contribution in [3.63, 3.8) is 0 Å². The highest BCUT2D eigenvalue weighted by Gasteiger charge is 2.11. The molecule has 7 heteroatoms. The van der Waals surface area contributed by atoms with Crippen molar-refractivity contribution in [1.82, 2.24) is 4.90 Å². The van der Waals surface area contributed by atoms with Crippen molar-refractivity contribution in [2.45, 2.75) is 32.1 Å². The minimum absolute atomic E-state index is 0.218. The average molecular weight is 455 g/mol. The zero-order chi connectivity index (χ0) is 23.3. The molecule has 2 aromatic rings. The quantitative estimate of drug-likeness (QED) is 0.411. The second kappa shape index (κ2) is 13.6. The molecule has 0 radical (unpaired) electrons. The molecule has 33 heavy (non-hydrogen) atoms. The number of hydrogen-bond acceptors (Lipinski definition) is 6. The van der Waals surface area contributed by atoms with Crippen LogP contribution in [0.4, 0.5) is 10.5 Å². The van der Waals surface area contributed by atoms with Crippen LogP contribution in [0.15, 0.2) is 48.5 Å². The topological polar surface area (TPSA) is 77.1 Å². The van der Waals surface area contributed by atoms with E-state index >= 15 is 0 Å². The van der Waals surface area contributed by atoms with Gasteiger partial charge in [-0.25, -0.2) is 4.79 Å². The summed E-state index contributed by atoms with van der Waals surface area (Å²) in [6.45, 7) is 4.35. The number of hydrogen-bond donors (Lipinski definition) is 1. The van der Waals surface area contributed by atoms with Crippen molar-refractivity contribution in [1.29, 1.82) is 0 Å². The van der Waals surface area contributed by atoms with Gasteiger partial charge in [-0.15, -0.1) is 0 Å². The summed E-state index contributed by atoms with van der Waals surface area (Å²) < 4.78 is 15.3. The number of carbonyl (C=O) groups excluding carboxylic acids is 2. The minimum atomic E-state index is -0.423. The van der Waals surface area contributed by atoms with Gasteiger partial charge in [0, 0.05) is 25.3 Å². The first-order chi connectivity index (χ1) is 16.1. The molecule has 0 bridgehead atoms. The molecule has 7 nitrogen and oxygen atoms in total. The molecule has 3 rings (SSSR count). The molecule has 178 valence electrons. The minimum Gasteiger partial charge on any atom is -0.469 e. The number of nitrogens with one attached hydrogen (secondary N) is 1. The third-order valence-electron chi connectivity index (χ3n) is 5.72. The molecule has 1 saturated heterocycles. The average Bonchev–Trinajstić information content (AvgIpc) is 2.84. The number of benzene rings is 2. The van der Waals surface area contributed by atoms with Crippen molar-refractivity contribution >= 4 is 17.7 Å². The molecule has 0 atom stereocenters. The first-order valence-corrected chi connectivity index (χ1v) is 11.6. The zero-order valence-electron chi connectivity index (χ0n) is 19.4. The van der Waals surface area contributed by atoms with Crippen molar-refractivity contribution < 1.29 is 23.8 Å². The maximum atomic E-state index is 12.0. The monoisotopic (exact) mass is 454 g/mol. The van der Waals surface area contributed by atoms with Crippen molar-refractivity contribution in [3.05, 3.63) is 65.2 Å². The molecule has 1 aliphatic heterocycles. The van der Waals surface area contributed by atoms with Crippen molar-refractivity contribution in [2.24, 2.45) is 0 Å². The maximum Gasteiger partial charge on any atom is 0.411 e. The fraction of sp³-hybridized carbons (Fsp3) is 0.462. The van der Waals surface area contributed by atoms with Crippen LogP contribution in [0.5, 0.6) is 0 Å². The smallest absolute Gasteiger partial charge is 0.411 e. The van der Waals surface area contributed by atoms with E-state index in [4.69, 9.17) is 14.2 Å². The molecule has 0 spiro atoms. The van der Waals surface area contributed by atoms with Gasteiger partial charge in [-0.1, -0.05) is 36.4 Å². The summed E-state index contributed by atoms with van der Waals surface area (Å²) in [5, 5.41) is 2.78. The number of ether oxygens (including phenoxy) is 3. The highest BCUT2D eigenvalue weighted by Crippen LogP contribution is 2.14. The van der Waals surface area contributed by atoms with Crippen LogP contribution in [0.1, 0.15) is 29.5 Å². The van der Waals surface area contributed by atoms with Crippen LogP contribution in [0, 0.1) is 0 Å². The molecule has 0 aromatic heterocycles. The second-order valence-corrected chi connectivity index (χ2v) is 8.19. The van der Waals surface area contributed by atoms with E-state index in [-0.39, 0.29) is 5.97 Å². The van der Waals surface area contributed by atoms with Crippen LogP contribution in [0.25, 0.3) is 0 Å². The number of morpholine rings is 1. The van der Waals surface area contributed by atoms with Crippen LogP contribution < -0.4 is 5.32 Å². The Morgan fingerprint density at radius 2 is 1.48 bits per heavy atom. The summed E-state index contributed by atoms with van der Waals surface area (Å²) in [5.74, 6) is -0.218. The van der Waals surface area contributed by atoms with Gasteiger partial charge < -0.3 is 14.2 Å². The molecular weight excluding hydrogens is 420 g/mol. The van der Waals surface area contributed by atoms with Gasteiger partial charge in [0.1, 0.15) is 6.61 Å². The molecule has 0 saturated carbocycles. The van der Waals surface area contributed by atoms with Gasteiger partial charge in [0.15, 0.2) is 0 Å². The lowest BCUT2D eigenvalue weighted by Gasteiger charge is -2.26. The highest BCUT2D eigenvalue weighted by atomic mass is 16.5. The Labute approximate surface area is 196 Å². The number of unbranched alkanes of at least 4 members (excludes halogenated alkanes) is 1. The van der Waals surface area contributed by atoms with Gasteiger partial charge in [0.2, 0.25) is 0 Å². The molecule has 1 fully saturated rings. The maximum absolute atomic E-state index is 12.0. The largest absolute Gasteiger partial charge is 0.469 e. The Morgan fingerprint density at radius 1 is 0.909 bits per heavy atom. The summed E-state index contributed by atoms with van der Waals surface area (Å²) >= 11 is 0. The Hall–Kier alpha value is -2.90. The first-order valence-electron chi connectivity index (χ1n) is 11.6. The number of nitrogens with zero attached hydrogens (tertiary/aromatic N) is 1. The summed E-state index contributed by atoms with van der Waals surface area (Å²) in [5.41, 5.74) is 4.23. The van der Waals surface area contributed by atoms with Crippen LogP contribution in [-0.4, -0.2) is 63.5 Å². The fourth-order valence-corrected chi connectivity index (χ4v) is 3.72. The van der Waals surface area contributed by atoms with Crippen molar-refractivity contribution in [3.8, 4) is 0 Å².